The van der Waals surface area contributed by atoms with E-state index in [2.05, 4.69) is 0 Å². The highest BCUT2D eigenvalue weighted by Gasteiger charge is 2.31. The summed E-state index contributed by atoms with van der Waals surface area (Å²) in [6.07, 6.45) is -0.440. The van der Waals surface area contributed by atoms with E-state index in [-0.39, 0.29) is 6.61 Å². The predicted octanol–water partition coefficient (Wildman–Crippen LogP) is 1.98. The van der Waals surface area contributed by atoms with Gasteiger partial charge in [-0.05, 0) is 25.0 Å². The Kier molecular flexibility index (Phi) is 3.76. The van der Waals surface area contributed by atoms with E-state index in [0.29, 0.717) is 12.8 Å². The molecule has 1 aliphatic rings. The molecule has 0 bridgehead atoms. The Bertz CT molecular complexity index is 429. The molecule has 1 N–H and O–H groups in total. The van der Waals surface area contributed by atoms with Crippen LogP contribution in [0.4, 0.5) is 8.78 Å². The second-order valence-electron chi connectivity index (χ2n) is 4.02. The van der Waals surface area contributed by atoms with Crippen LogP contribution in [0.15, 0.2) is 18.2 Å². The zero-order valence-corrected chi connectivity index (χ0v) is 9.44. The van der Waals surface area contributed by atoms with Gasteiger partial charge in [0.25, 0.3) is 0 Å². The second-order valence-corrected chi connectivity index (χ2v) is 4.02. The lowest BCUT2D eigenvalue weighted by Crippen LogP contribution is -2.24. The third-order valence-corrected chi connectivity index (χ3v) is 2.72. The summed E-state index contributed by atoms with van der Waals surface area (Å²) in [6, 6.07) is 3.42. The number of halogens is 2. The summed E-state index contributed by atoms with van der Waals surface area (Å²) in [5.74, 6) is -3.07. The monoisotopic (exact) mass is 258 g/mol. The Morgan fingerprint density at radius 1 is 1.39 bits per heavy atom. The first-order valence-electron chi connectivity index (χ1n) is 5.53. The summed E-state index contributed by atoms with van der Waals surface area (Å²) in [7, 11) is 0. The zero-order valence-electron chi connectivity index (χ0n) is 9.44. The van der Waals surface area contributed by atoms with Crippen molar-refractivity contribution >= 4 is 5.97 Å². The number of carbonyl (C=O) groups is 1. The lowest BCUT2D eigenvalue weighted by molar-refractivity contribution is -0.149. The second kappa shape index (κ2) is 5.30. The predicted molar refractivity (Wildman–Crippen MR) is 57.4 cm³/mol. The Labute approximate surface area is 102 Å². The maximum atomic E-state index is 13.2. The highest BCUT2D eigenvalue weighted by Crippen LogP contribution is 2.24. The Hall–Kier alpha value is -1.69. The van der Waals surface area contributed by atoms with E-state index in [0.717, 1.165) is 12.1 Å². The molecule has 2 rings (SSSR count). The fourth-order valence-corrected chi connectivity index (χ4v) is 1.81. The topological polar surface area (TPSA) is 55.8 Å². The van der Waals surface area contributed by atoms with Gasteiger partial charge in [-0.15, -0.1) is 0 Å². The van der Waals surface area contributed by atoms with Crippen LogP contribution in [0, 0.1) is 11.6 Å². The molecule has 98 valence electrons. The molecule has 4 nitrogen and oxygen atoms in total. The minimum Gasteiger partial charge on any atom is -0.485 e. The molecule has 1 heterocycles. The van der Waals surface area contributed by atoms with Crippen LogP contribution in [0.5, 0.6) is 5.75 Å². The average molecular weight is 258 g/mol. The lowest BCUT2D eigenvalue weighted by Gasteiger charge is -2.13. The molecular weight excluding hydrogens is 246 g/mol. The van der Waals surface area contributed by atoms with Crippen LogP contribution in [0.1, 0.15) is 12.8 Å². The van der Waals surface area contributed by atoms with Crippen LogP contribution >= 0.6 is 0 Å². The molecule has 2 unspecified atom stereocenters. The van der Waals surface area contributed by atoms with Gasteiger partial charge in [0.1, 0.15) is 6.61 Å². The number of para-hydroxylation sites is 1. The van der Waals surface area contributed by atoms with E-state index < -0.39 is 35.6 Å². The Morgan fingerprint density at radius 2 is 2.06 bits per heavy atom. The number of rotatable bonds is 4. The van der Waals surface area contributed by atoms with Crippen LogP contribution in [-0.4, -0.2) is 29.9 Å². The van der Waals surface area contributed by atoms with Gasteiger partial charge in [0, 0.05) is 0 Å². The van der Waals surface area contributed by atoms with Gasteiger partial charge in [-0.1, -0.05) is 6.07 Å². The van der Waals surface area contributed by atoms with Gasteiger partial charge >= 0.3 is 5.97 Å². The largest absolute Gasteiger partial charge is 0.485 e. The summed E-state index contributed by atoms with van der Waals surface area (Å²) in [5.41, 5.74) is 0. The SMILES string of the molecule is O=C(O)C1CCC(COc2c(F)cccc2F)O1. The van der Waals surface area contributed by atoms with Crippen molar-refractivity contribution in [1.29, 1.82) is 0 Å². The normalized spacial score (nSPS) is 23.0. The van der Waals surface area contributed by atoms with Gasteiger partial charge in [-0.2, -0.15) is 0 Å². The molecule has 0 aliphatic carbocycles. The number of carboxylic acid groups (broad SMARTS) is 1. The Balaban J connectivity index is 1.91. The molecule has 1 fully saturated rings. The van der Waals surface area contributed by atoms with E-state index in [4.69, 9.17) is 14.6 Å². The number of carboxylic acids is 1. The summed E-state index contributed by atoms with van der Waals surface area (Å²) in [4.78, 5) is 10.6. The molecule has 0 spiro atoms. The molecule has 1 saturated heterocycles. The third kappa shape index (κ3) is 2.76. The summed E-state index contributed by atoms with van der Waals surface area (Å²) < 4.78 is 36.6. The number of hydrogen-bond donors (Lipinski definition) is 1. The number of aliphatic carboxylic acids is 1. The van der Waals surface area contributed by atoms with Crippen LogP contribution < -0.4 is 4.74 Å². The first-order valence-corrected chi connectivity index (χ1v) is 5.53. The summed E-state index contributed by atoms with van der Waals surface area (Å²) >= 11 is 0. The van der Waals surface area contributed by atoms with Crippen LogP contribution in [-0.2, 0) is 9.53 Å². The number of benzene rings is 1. The van der Waals surface area contributed by atoms with Crippen molar-refractivity contribution in [3.8, 4) is 5.75 Å². The van der Waals surface area contributed by atoms with Crippen molar-refractivity contribution in [1.82, 2.24) is 0 Å². The average Bonchev–Trinajstić information content (AvgIpc) is 2.77. The molecule has 1 aliphatic heterocycles. The van der Waals surface area contributed by atoms with Crippen molar-refractivity contribution < 1.29 is 28.2 Å². The van der Waals surface area contributed by atoms with Gasteiger partial charge in [0.2, 0.25) is 0 Å². The van der Waals surface area contributed by atoms with Crippen molar-refractivity contribution in [2.75, 3.05) is 6.61 Å². The van der Waals surface area contributed by atoms with Crippen molar-refractivity contribution in [3.05, 3.63) is 29.8 Å². The molecule has 2 atom stereocenters. The van der Waals surface area contributed by atoms with E-state index in [1.165, 1.54) is 6.07 Å². The van der Waals surface area contributed by atoms with Gasteiger partial charge in [-0.3, -0.25) is 0 Å². The standard InChI is InChI=1S/C12H12F2O4/c13-8-2-1-3-9(14)11(8)17-6-7-4-5-10(18-7)12(15)16/h1-3,7,10H,4-6H2,(H,15,16). The molecule has 6 heteroatoms. The van der Waals surface area contributed by atoms with Gasteiger partial charge in [0.15, 0.2) is 23.5 Å². The maximum absolute atomic E-state index is 13.2. The molecule has 0 saturated carbocycles. The number of hydrogen-bond acceptors (Lipinski definition) is 3. The summed E-state index contributed by atoms with van der Waals surface area (Å²) in [5, 5.41) is 8.72. The van der Waals surface area contributed by atoms with Crippen LogP contribution in [0.2, 0.25) is 0 Å². The maximum Gasteiger partial charge on any atom is 0.332 e. The number of ether oxygens (including phenoxy) is 2. The molecule has 18 heavy (non-hydrogen) atoms. The first kappa shape index (κ1) is 12.8. The minimum absolute atomic E-state index is 0.0678. The molecule has 1 aromatic rings. The summed E-state index contributed by atoms with van der Waals surface area (Å²) in [6.45, 7) is -0.0678. The molecule has 1 aromatic carbocycles. The third-order valence-electron chi connectivity index (χ3n) is 2.72. The smallest absolute Gasteiger partial charge is 0.332 e. The van der Waals surface area contributed by atoms with Crippen molar-refractivity contribution in [3.63, 3.8) is 0 Å². The van der Waals surface area contributed by atoms with Gasteiger partial charge in [-0.25, -0.2) is 13.6 Å². The van der Waals surface area contributed by atoms with Gasteiger partial charge < -0.3 is 14.6 Å². The van der Waals surface area contributed by atoms with E-state index in [1.54, 1.807) is 0 Å². The Morgan fingerprint density at radius 3 is 2.61 bits per heavy atom. The van der Waals surface area contributed by atoms with Crippen molar-refractivity contribution in [2.24, 2.45) is 0 Å². The molecule has 0 aromatic heterocycles. The van der Waals surface area contributed by atoms with Crippen LogP contribution in [0.3, 0.4) is 0 Å². The van der Waals surface area contributed by atoms with Crippen molar-refractivity contribution in [2.45, 2.75) is 25.0 Å². The minimum atomic E-state index is -1.03. The quantitative estimate of drug-likeness (QED) is 0.897. The molecular formula is C12H12F2O4. The first-order chi connectivity index (χ1) is 8.58. The van der Waals surface area contributed by atoms with E-state index >= 15 is 0 Å². The highest BCUT2D eigenvalue weighted by molar-refractivity contribution is 5.72. The fourth-order valence-electron chi connectivity index (χ4n) is 1.81. The van der Waals surface area contributed by atoms with Crippen LogP contribution in [0.25, 0.3) is 0 Å². The molecule has 0 amide bonds. The fraction of sp³-hybridized carbons (Fsp3) is 0.417. The molecule has 0 radical (unpaired) electrons. The lowest BCUT2D eigenvalue weighted by atomic mass is 10.2. The van der Waals surface area contributed by atoms with E-state index in [9.17, 15) is 13.6 Å². The van der Waals surface area contributed by atoms with E-state index in [1.807, 2.05) is 0 Å². The van der Waals surface area contributed by atoms with Gasteiger partial charge in [0.05, 0.1) is 6.10 Å². The highest BCUT2D eigenvalue weighted by atomic mass is 19.1. The zero-order chi connectivity index (χ0) is 13.1.